The van der Waals surface area contributed by atoms with E-state index in [2.05, 4.69) is 0 Å². The Labute approximate surface area is 178 Å². The molecule has 1 aliphatic rings. The fourth-order valence-corrected chi connectivity index (χ4v) is 5.56. The van der Waals surface area contributed by atoms with Gasteiger partial charge in [-0.2, -0.15) is 4.31 Å². The van der Waals surface area contributed by atoms with Gasteiger partial charge in [0.05, 0.1) is 4.90 Å². The van der Waals surface area contributed by atoms with Crippen molar-refractivity contribution in [3.63, 3.8) is 0 Å². The van der Waals surface area contributed by atoms with E-state index in [1.165, 1.54) is 4.31 Å². The Morgan fingerprint density at radius 2 is 1.50 bits per heavy atom. The van der Waals surface area contributed by atoms with Gasteiger partial charge >= 0.3 is 0 Å². The highest BCUT2D eigenvalue weighted by atomic mass is 32.2. The lowest BCUT2D eigenvalue weighted by molar-refractivity contribution is 0.0698. The first-order chi connectivity index (χ1) is 14.4. The van der Waals surface area contributed by atoms with Crippen molar-refractivity contribution in [2.45, 2.75) is 9.79 Å². The van der Waals surface area contributed by atoms with E-state index in [9.17, 15) is 17.4 Å². The van der Waals surface area contributed by atoms with Crippen LogP contribution in [0.25, 0.3) is 10.8 Å². The lowest BCUT2D eigenvalue weighted by atomic mass is 10.1. The van der Waals surface area contributed by atoms with Gasteiger partial charge in [-0.1, -0.05) is 30.3 Å². The third-order valence-electron chi connectivity index (χ3n) is 5.32. The summed E-state index contributed by atoms with van der Waals surface area (Å²) in [5.74, 6) is -0.147. The number of rotatable bonds is 4. The molecular formula is C22H22N2O4S2. The summed E-state index contributed by atoms with van der Waals surface area (Å²) in [6, 6.07) is 19.5. The average molecular weight is 443 g/mol. The van der Waals surface area contributed by atoms with Gasteiger partial charge in [0, 0.05) is 53.7 Å². The van der Waals surface area contributed by atoms with E-state index < -0.39 is 20.8 Å². The van der Waals surface area contributed by atoms with Crippen molar-refractivity contribution in [2.24, 2.45) is 0 Å². The predicted octanol–water partition coefficient (Wildman–Crippen LogP) is 2.72. The molecule has 156 valence electrons. The van der Waals surface area contributed by atoms with Crippen LogP contribution in [0.4, 0.5) is 0 Å². The Hall–Kier alpha value is -2.55. The van der Waals surface area contributed by atoms with Gasteiger partial charge in [-0.05, 0) is 47.2 Å². The van der Waals surface area contributed by atoms with Gasteiger partial charge in [0.15, 0.2) is 0 Å². The monoisotopic (exact) mass is 442 g/mol. The van der Waals surface area contributed by atoms with Crippen LogP contribution in [-0.2, 0) is 20.8 Å². The number of nitrogens with zero attached hydrogens (tertiary/aromatic N) is 2. The third kappa shape index (κ3) is 4.03. The number of carbonyl (C=O) groups excluding carboxylic acids is 1. The Morgan fingerprint density at radius 1 is 0.867 bits per heavy atom. The molecule has 0 bridgehead atoms. The molecule has 1 amide bonds. The zero-order valence-electron chi connectivity index (χ0n) is 16.5. The largest absolute Gasteiger partial charge is 0.336 e. The summed E-state index contributed by atoms with van der Waals surface area (Å²) in [5, 5.41) is 1.87. The second kappa shape index (κ2) is 8.29. The van der Waals surface area contributed by atoms with Crippen LogP contribution in [0.3, 0.4) is 0 Å². The van der Waals surface area contributed by atoms with Crippen molar-refractivity contribution >= 4 is 37.5 Å². The van der Waals surface area contributed by atoms with Gasteiger partial charge in [0.2, 0.25) is 10.0 Å². The molecule has 0 spiro atoms. The van der Waals surface area contributed by atoms with Gasteiger partial charge in [-0.25, -0.2) is 8.42 Å². The minimum atomic E-state index is -3.62. The highest BCUT2D eigenvalue weighted by Gasteiger charge is 2.30. The first-order valence-electron chi connectivity index (χ1n) is 9.58. The molecule has 4 rings (SSSR count). The molecule has 3 aromatic carbocycles. The van der Waals surface area contributed by atoms with E-state index in [-0.39, 0.29) is 23.9 Å². The van der Waals surface area contributed by atoms with Crippen LogP contribution >= 0.6 is 0 Å². The second-order valence-corrected chi connectivity index (χ2v) is 10.5. The molecule has 1 aliphatic heterocycles. The molecule has 0 saturated carbocycles. The summed E-state index contributed by atoms with van der Waals surface area (Å²) in [6.07, 6.45) is 1.59. The summed E-state index contributed by atoms with van der Waals surface area (Å²) >= 11 is 0. The minimum Gasteiger partial charge on any atom is -0.336 e. The molecule has 1 saturated heterocycles. The molecular weight excluding hydrogens is 420 g/mol. The van der Waals surface area contributed by atoms with E-state index in [1.807, 2.05) is 30.3 Å². The van der Waals surface area contributed by atoms with Gasteiger partial charge in [0.25, 0.3) is 5.91 Å². The molecule has 3 aromatic rings. The number of benzene rings is 3. The Balaban J connectivity index is 1.46. The molecule has 30 heavy (non-hydrogen) atoms. The average Bonchev–Trinajstić information content (AvgIpc) is 2.78. The van der Waals surface area contributed by atoms with Gasteiger partial charge in [-0.3, -0.25) is 9.00 Å². The number of carbonyl (C=O) groups is 1. The number of fused-ring (bicyclic) bond motifs is 1. The maximum Gasteiger partial charge on any atom is 0.253 e. The molecule has 1 fully saturated rings. The van der Waals surface area contributed by atoms with Crippen molar-refractivity contribution < 1.29 is 17.4 Å². The molecule has 6 nitrogen and oxygen atoms in total. The lowest BCUT2D eigenvalue weighted by Gasteiger charge is -2.34. The van der Waals surface area contributed by atoms with Gasteiger partial charge in [-0.15, -0.1) is 0 Å². The van der Waals surface area contributed by atoms with Crippen molar-refractivity contribution in [3.8, 4) is 0 Å². The van der Waals surface area contributed by atoms with Crippen molar-refractivity contribution in [3.05, 3.63) is 72.3 Å². The summed E-state index contributed by atoms with van der Waals surface area (Å²) in [4.78, 5) is 15.3. The van der Waals surface area contributed by atoms with Gasteiger partial charge in [0.1, 0.15) is 0 Å². The van der Waals surface area contributed by atoms with E-state index >= 15 is 0 Å². The Morgan fingerprint density at radius 3 is 2.13 bits per heavy atom. The normalized spacial score (nSPS) is 16.5. The van der Waals surface area contributed by atoms with Crippen LogP contribution in [0.5, 0.6) is 0 Å². The predicted molar refractivity (Wildman–Crippen MR) is 117 cm³/mol. The van der Waals surface area contributed by atoms with Crippen LogP contribution in [0.15, 0.2) is 76.5 Å². The van der Waals surface area contributed by atoms with E-state index in [0.717, 1.165) is 10.8 Å². The summed E-state index contributed by atoms with van der Waals surface area (Å²) in [6.45, 7) is 1.15. The number of amides is 1. The Kier molecular flexibility index (Phi) is 5.73. The molecule has 8 heteroatoms. The third-order valence-corrected chi connectivity index (χ3v) is 8.15. The first-order valence-corrected chi connectivity index (χ1v) is 12.6. The minimum absolute atomic E-state index is 0.147. The zero-order valence-corrected chi connectivity index (χ0v) is 18.2. The standard InChI is InChI=1S/C22H22N2O4S2/c1-29(26)20-9-6-18(7-10-20)22(25)23-12-14-24(15-13-23)30(27,28)21-11-8-17-4-2-3-5-19(17)16-21/h2-11,16H,12-15H2,1H3. The number of piperazine rings is 1. The first kappa shape index (κ1) is 20.7. The quantitative estimate of drug-likeness (QED) is 0.623. The molecule has 0 N–H and O–H groups in total. The SMILES string of the molecule is CS(=O)c1ccc(C(=O)N2CCN(S(=O)(=O)c3ccc4ccccc4c3)CC2)cc1. The molecule has 1 unspecified atom stereocenters. The fourth-order valence-electron chi connectivity index (χ4n) is 3.58. The van der Waals surface area contributed by atoms with Crippen molar-refractivity contribution in [2.75, 3.05) is 32.4 Å². The summed E-state index contributed by atoms with van der Waals surface area (Å²) < 4.78 is 39.1. The molecule has 0 radical (unpaired) electrons. The number of hydrogen-bond donors (Lipinski definition) is 0. The maximum absolute atomic E-state index is 13.1. The number of hydrogen-bond acceptors (Lipinski definition) is 4. The zero-order chi connectivity index (χ0) is 21.3. The Bertz CT molecular complexity index is 1220. The van der Waals surface area contributed by atoms with Crippen LogP contribution in [-0.4, -0.2) is 60.2 Å². The molecule has 0 aromatic heterocycles. The van der Waals surface area contributed by atoms with E-state index in [0.29, 0.717) is 23.5 Å². The van der Waals surface area contributed by atoms with Crippen LogP contribution in [0.2, 0.25) is 0 Å². The van der Waals surface area contributed by atoms with Crippen LogP contribution in [0, 0.1) is 0 Å². The van der Waals surface area contributed by atoms with Crippen molar-refractivity contribution in [1.82, 2.24) is 9.21 Å². The highest BCUT2D eigenvalue weighted by Crippen LogP contribution is 2.23. The van der Waals surface area contributed by atoms with Crippen molar-refractivity contribution in [1.29, 1.82) is 0 Å². The van der Waals surface area contributed by atoms with E-state index in [1.54, 1.807) is 47.6 Å². The molecule has 1 atom stereocenters. The highest BCUT2D eigenvalue weighted by molar-refractivity contribution is 7.89. The fraction of sp³-hybridized carbons (Fsp3) is 0.227. The summed E-state index contributed by atoms with van der Waals surface area (Å²) in [7, 11) is -4.72. The van der Waals surface area contributed by atoms with Gasteiger partial charge < -0.3 is 4.90 Å². The van der Waals surface area contributed by atoms with Crippen LogP contribution in [0.1, 0.15) is 10.4 Å². The number of sulfonamides is 1. The topological polar surface area (TPSA) is 74.8 Å². The van der Waals surface area contributed by atoms with Crippen LogP contribution < -0.4 is 0 Å². The maximum atomic E-state index is 13.1. The second-order valence-electron chi connectivity index (χ2n) is 7.18. The summed E-state index contributed by atoms with van der Waals surface area (Å²) in [5.41, 5.74) is 0.509. The molecule has 1 heterocycles. The lowest BCUT2D eigenvalue weighted by Crippen LogP contribution is -2.50. The molecule has 0 aliphatic carbocycles. The smallest absolute Gasteiger partial charge is 0.253 e. The van der Waals surface area contributed by atoms with E-state index in [4.69, 9.17) is 0 Å².